The van der Waals surface area contributed by atoms with E-state index < -0.39 is 97.5 Å². The first-order valence-corrected chi connectivity index (χ1v) is 40.1. The van der Waals surface area contributed by atoms with Gasteiger partial charge in [0.2, 0.25) is 0 Å². The Morgan fingerprint density at radius 3 is 0.756 bits per heavy atom. The van der Waals surface area contributed by atoms with Crippen molar-refractivity contribution in [3.05, 3.63) is 0 Å². The topological polar surface area (TPSA) is 237 Å². The second kappa shape index (κ2) is 64.4. The number of aliphatic hydroxyl groups is 1. The summed E-state index contributed by atoms with van der Waals surface area (Å²) in [6.45, 7) is 7.20. The standard InChI is InChI=1S/C71H138O17P2/c1-6-9-12-15-18-20-22-23-24-25-26-27-28-29-31-37-42-47-52-57-71(76)88-67(61-82-69(74)55-50-45-40-35-33-32-34-39-43-48-53-64(4)5)63-86-90(79,80)84-59-65(72)58-83-89(77,78)85-62-66(60-81-68(73)54-49-44-38-17-14-11-8-3)87-70(75)56-51-46-41-36-30-21-19-16-13-10-7-2/h64-67,72H,6-63H2,1-5H3,(H,77,78)(H,79,80)/t65-,66+,67+/m0/s1. The Morgan fingerprint density at radius 1 is 0.300 bits per heavy atom. The van der Waals surface area contributed by atoms with E-state index in [0.717, 1.165) is 109 Å². The molecule has 0 heterocycles. The van der Waals surface area contributed by atoms with Gasteiger partial charge in [-0.1, -0.05) is 317 Å². The smallest absolute Gasteiger partial charge is 0.462 e. The number of rotatable bonds is 71. The van der Waals surface area contributed by atoms with Crippen LogP contribution in [-0.2, 0) is 65.4 Å². The molecule has 90 heavy (non-hydrogen) atoms. The molecule has 3 N–H and O–H groups in total. The van der Waals surface area contributed by atoms with E-state index in [1.807, 2.05) is 0 Å². The molecule has 0 amide bonds. The predicted octanol–water partition coefficient (Wildman–Crippen LogP) is 20.5. The van der Waals surface area contributed by atoms with Gasteiger partial charge in [-0.3, -0.25) is 37.3 Å². The zero-order valence-electron chi connectivity index (χ0n) is 58.3. The molecule has 0 bridgehead atoms. The Morgan fingerprint density at radius 2 is 0.511 bits per heavy atom. The van der Waals surface area contributed by atoms with Crippen LogP contribution in [-0.4, -0.2) is 96.7 Å². The average molecular weight is 1330 g/mol. The van der Waals surface area contributed by atoms with Gasteiger partial charge in [0.05, 0.1) is 26.4 Å². The molecule has 0 saturated heterocycles. The number of unbranched alkanes of at least 4 members (excludes halogenated alkanes) is 43. The van der Waals surface area contributed by atoms with Crippen molar-refractivity contribution in [2.24, 2.45) is 5.92 Å². The van der Waals surface area contributed by atoms with Gasteiger partial charge in [-0.05, 0) is 31.6 Å². The summed E-state index contributed by atoms with van der Waals surface area (Å²) in [5, 5.41) is 10.6. The number of carbonyl (C=O) groups excluding carboxylic acids is 4. The van der Waals surface area contributed by atoms with E-state index in [0.29, 0.717) is 25.7 Å². The SMILES string of the molecule is CCCCCCCCCCCCCCCCCCCCCC(=O)O[C@H](COC(=O)CCCCCCCCCCCCC(C)C)COP(=O)(O)OC[C@@H](O)COP(=O)(O)OC[C@@H](COC(=O)CCCCCCCCC)OC(=O)CCCCCCCCCCCCC. The third-order valence-corrected chi connectivity index (χ3v) is 18.4. The largest absolute Gasteiger partial charge is 0.472 e. The lowest BCUT2D eigenvalue weighted by Crippen LogP contribution is -2.30. The molecule has 0 aliphatic carbocycles. The molecule has 0 aliphatic rings. The Hall–Kier alpha value is -1.94. The first-order chi connectivity index (χ1) is 43.5. The molecule has 0 aromatic rings. The van der Waals surface area contributed by atoms with Crippen LogP contribution in [0.1, 0.15) is 369 Å². The maximum Gasteiger partial charge on any atom is 0.472 e. The number of hydrogen-bond donors (Lipinski definition) is 3. The van der Waals surface area contributed by atoms with Crippen LogP contribution in [0.15, 0.2) is 0 Å². The Kier molecular flexibility index (Phi) is 63.0. The molecule has 0 aliphatic heterocycles. The fourth-order valence-electron chi connectivity index (χ4n) is 10.8. The molecule has 17 nitrogen and oxygen atoms in total. The molecule has 5 atom stereocenters. The lowest BCUT2D eigenvalue weighted by molar-refractivity contribution is -0.161. The normalized spacial score (nSPS) is 14.1. The third-order valence-electron chi connectivity index (χ3n) is 16.5. The number of carbonyl (C=O) groups is 4. The van der Waals surface area contributed by atoms with Gasteiger partial charge in [0.25, 0.3) is 0 Å². The lowest BCUT2D eigenvalue weighted by Gasteiger charge is -2.21. The van der Waals surface area contributed by atoms with Crippen LogP contribution in [0.5, 0.6) is 0 Å². The highest BCUT2D eigenvalue weighted by atomic mass is 31.2. The van der Waals surface area contributed by atoms with Gasteiger partial charge < -0.3 is 33.8 Å². The van der Waals surface area contributed by atoms with E-state index in [1.165, 1.54) is 180 Å². The maximum atomic E-state index is 13.0. The Labute approximate surface area is 549 Å². The van der Waals surface area contributed by atoms with Crippen LogP contribution in [0, 0.1) is 5.92 Å². The van der Waals surface area contributed by atoms with Crippen molar-refractivity contribution in [3.8, 4) is 0 Å². The molecule has 0 aromatic heterocycles. The quantitative estimate of drug-likeness (QED) is 0.0222. The molecule has 0 rings (SSSR count). The minimum atomic E-state index is -4.95. The van der Waals surface area contributed by atoms with E-state index in [2.05, 4.69) is 34.6 Å². The molecular weight excluding hydrogens is 1190 g/mol. The summed E-state index contributed by atoms with van der Waals surface area (Å²) in [5.41, 5.74) is 0. The molecule has 0 saturated carbocycles. The molecular formula is C71H138O17P2. The number of esters is 4. The van der Waals surface area contributed by atoms with Crippen LogP contribution in [0.4, 0.5) is 0 Å². The van der Waals surface area contributed by atoms with Crippen molar-refractivity contribution in [3.63, 3.8) is 0 Å². The summed E-state index contributed by atoms with van der Waals surface area (Å²) in [5.74, 6) is -1.37. The number of phosphoric ester groups is 2. The summed E-state index contributed by atoms with van der Waals surface area (Å²) in [6.07, 6.45) is 51.5. The minimum absolute atomic E-state index is 0.107. The van der Waals surface area contributed by atoms with Gasteiger partial charge in [-0.25, -0.2) is 9.13 Å². The van der Waals surface area contributed by atoms with Crippen molar-refractivity contribution in [2.45, 2.75) is 387 Å². The van der Waals surface area contributed by atoms with E-state index >= 15 is 0 Å². The van der Waals surface area contributed by atoms with Crippen molar-refractivity contribution >= 4 is 39.5 Å². The van der Waals surface area contributed by atoms with Crippen LogP contribution in [0.2, 0.25) is 0 Å². The zero-order chi connectivity index (χ0) is 66.3. The van der Waals surface area contributed by atoms with Crippen molar-refractivity contribution < 1.29 is 80.2 Å². The van der Waals surface area contributed by atoms with Crippen LogP contribution >= 0.6 is 15.6 Å². The lowest BCUT2D eigenvalue weighted by atomic mass is 10.0. The van der Waals surface area contributed by atoms with Gasteiger partial charge in [0.1, 0.15) is 19.3 Å². The zero-order valence-corrected chi connectivity index (χ0v) is 60.1. The first-order valence-electron chi connectivity index (χ1n) is 37.1. The summed E-state index contributed by atoms with van der Waals surface area (Å²) >= 11 is 0. The van der Waals surface area contributed by atoms with Gasteiger partial charge in [0, 0.05) is 25.7 Å². The maximum absolute atomic E-state index is 13.0. The number of phosphoric acid groups is 2. The third kappa shape index (κ3) is 64.8. The monoisotopic (exact) mass is 1320 g/mol. The van der Waals surface area contributed by atoms with E-state index in [-0.39, 0.29) is 25.7 Å². The fourth-order valence-corrected chi connectivity index (χ4v) is 12.4. The van der Waals surface area contributed by atoms with Gasteiger partial charge in [-0.15, -0.1) is 0 Å². The highest BCUT2D eigenvalue weighted by Crippen LogP contribution is 2.45. The Balaban J connectivity index is 5.18. The first kappa shape index (κ1) is 88.1. The van der Waals surface area contributed by atoms with E-state index in [1.54, 1.807) is 0 Å². The fraction of sp³-hybridized carbons (Fsp3) is 0.944. The Bertz CT molecular complexity index is 1740. The summed E-state index contributed by atoms with van der Waals surface area (Å²) in [4.78, 5) is 72.4. The van der Waals surface area contributed by atoms with Crippen LogP contribution in [0.3, 0.4) is 0 Å². The van der Waals surface area contributed by atoms with Crippen molar-refractivity contribution in [1.29, 1.82) is 0 Å². The minimum Gasteiger partial charge on any atom is -0.462 e. The van der Waals surface area contributed by atoms with Gasteiger partial charge in [-0.2, -0.15) is 0 Å². The van der Waals surface area contributed by atoms with E-state index in [4.69, 9.17) is 37.0 Å². The summed E-state index contributed by atoms with van der Waals surface area (Å²) < 4.78 is 68.2. The van der Waals surface area contributed by atoms with Crippen molar-refractivity contribution in [2.75, 3.05) is 39.6 Å². The summed E-state index contributed by atoms with van der Waals surface area (Å²) in [7, 11) is -9.89. The van der Waals surface area contributed by atoms with Gasteiger partial charge in [0.15, 0.2) is 12.2 Å². The summed E-state index contributed by atoms with van der Waals surface area (Å²) in [6, 6.07) is 0. The highest BCUT2D eigenvalue weighted by Gasteiger charge is 2.30. The van der Waals surface area contributed by atoms with Crippen molar-refractivity contribution in [1.82, 2.24) is 0 Å². The predicted molar refractivity (Wildman–Crippen MR) is 363 cm³/mol. The van der Waals surface area contributed by atoms with Crippen LogP contribution in [0.25, 0.3) is 0 Å². The molecule has 534 valence electrons. The molecule has 0 radical (unpaired) electrons. The van der Waals surface area contributed by atoms with Crippen LogP contribution < -0.4 is 0 Å². The number of aliphatic hydroxyl groups excluding tert-OH is 1. The molecule has 2 unspecified atom stereocenters. The second-order valence-electron chi connectivity index (χ2n) is 26.1. The highest BCUT2D eigenvalue weighted by molar-refractivity contribution is 7.47. The molecule has 19 heteroatoms. The molecule has 0 spiro atoms. The number of hydrogen-bond acceptors (Lipinski definition) is 15. The van der Waals surface area contributed by atoms with E-state index in [9.17, 15) is 43.2 Å². The average Bonchev–Trinajstić information content (AvgIpc) is 3.22. The van der Waals surface area contributed by atoms with Gasteiger partial charge >= 0.3 is 39.5 Å². The number of ether oxygens (including phenoxy) is 4. The molecule has 0 aromatic carbocycles. The molecule has 0 fully saturated rings. The second-order valence-corrected chi connectivity index (χ2v) is 29.0.